The van der Waals surface area contributed by atoms with E-state index in [2.05, 4.69) is 21.3 Å². The molecule has 4 N–H and O–H groups in total. The van der Waals surface area contributed by atoms with E-state index in [1.54, 1.807) is 0 Å². The Morgan fingerprint density at radius 3 is 1.19 bits per heavy atom. The maximum atomic E-state index is 12.8. The van der Waals surface area contributed by atoms with Gasteiger partial charge in [0.1, 0.15) is 11.2 Å². The fraction of sp³-hybridized carbons (Fsp3) is 0.500. The molecule has 0 bridgehead atoms. The van der Waals surface area contributed by atoms with Gasteiger partial charge in [0, 0.05) is 36.3 Å². The number of amides is 4. The van der Waals surface area contributed by atoms with Crippen molar-refractivity contribution in [3.63, 3.8) is 0 Å². The van der Waals surface area contributed by atoms with Crippen LogP contribution in [0.25, 0.3) is 0 Å². The van der Waals surface area contributed by atoms with Gasteiger partial charge in [0.05, 0.1) is 0 Å². The number of anilines is 2. The zero-order valence-electron chi connectivity index (χ0n) is 25.5. The van der Waals surface area contributed by atoms with E-state index in [1.807, 2.05) is 90.1 Å². The van der Waals surface area contributed by atoms with Gasteiger partial charge in [-0.05, 0) is 103 Å². The van der Waals surface area contributed by atoms with Crippen LogP contribution in [0, 0.1) is 11.8 Å². The highest BCUT2D eigenvalue weighted by Gasteiger charge is 2.30. The fourth-order valence-electron chi connectivity index (χ4n) is 4.50. The van der Waals surface area contributed by atoms with Gasteiger partial charge >= 0.3 is 12.2 Å². The Morgan fingerprint density at radius 1 is 0.595 bits per heavy atom. The molecule has 228 valence electrons. The molecule has 0 unspecified atom stereocenters. The minimum absolute atomic E-state index is 0.0518. The molecule has 3 rings (SSSR count). The number of nitrogens with one attached hydrogen (secondary N) is 4. The lowest BCUT2D eigenvalue weighted by Gasteiger charge is -2.27. The van der Waals surface area contributed by atoms with Crippen molar-refractivity contribution >= 4 is 35.4 Å². The van der Waals surface area contributed by atoms with Crippen LogP contribution in [-0.2, 0) is 32.2 Å². The molecular formula is C32H44N4O6. The minimum atomic E-state index is -0.557. The first-order valence-electron chi connectivity index (χ1n) is 14.4. The van der Waals surface area contributed by atoms with Crippen molar-refractivity contribution in [1.29, 1.82) is 0 Å². The van der Waals surface area contributed by atoms with E-state index in [-0.39, 0.29) is 23.7 Å². The molecule has 2 aromatic carbocycles. The second kappa shape index (κ2) is 14.2. The number of hydrogen-bond donors (Lipinski definition) is 4. The normalized spacial score (nSPS) is 17.0. The zero-order chi connectivity index (χ0) is 30.9. The van der Waals surface area contributed by atoms with Crippen LogP contribution in [0.5, 0.6) is 0 Å². The van der Waals surface area contributed by atoms with Crippen LogP contribution >= 0.6 is 0 Å². The molecule has 1 aliphatic rings. The number of carbonyl (C=O) groups is 4. The Bertz CT molecular complexity index is 1120. The summed E-state index contributed by atoms with van der Waals surface area (Å²) in [6, 6.07) is 14.6. The number of rotatable bonds is 8. The van der Waals surface area contributed by atoms with Gasteiger partial charge < -0.3 is 30.7 Å². The first-order valence-corrected chi connectivity index (χ1v) is 14.4. The van der Waals surface area contributed by atoms with E-state index < -0.39 is 23.4 Å². The second-order valence-corrected chi connectivity index (χ2v) is 12.6. The predicted molar refractivity (Wildman–Crippen MR) is 162 cm³/mol. The van der Waals surface area contributed by atoms with Crippen LogP contribution in [0.15, 0.2) is 48.5 Å². The molecule has 1 aliphatic carbocycles. The number of alkyl carbamates (subject to hydrolysis) is 2. The Balaban J connectivity index is 1.38. The van der Waals surface area contributed by atoms with Gasteiger partial charge in [-0.15, -0.1) is 0 Å². The second-order valence-electron chi connectivity index (χ2n) is 12.6. The molecule has 10 nitrogen and oxygen atoms in total. The van der Waals surface area contributed by atoms with Crippen molar-refractivity contribution in [2.75, 3.05) is 10.6 Å². The highest BCUT2D eigenvalue weighted by atomic mass is 16.6. The molecule has 0 aromatic heterocycles. The molecule has 4 amide bonds. The molecule has 1 fully saturated rings. The van der Waals surface area contributed by atoms with E-state index in [1.165, 1.54) is 0 Å². The van der Waals surface area contributed by atoms with Gasteiger partial charge in [-0.3, -0.25) is 9.59 Å². The van der Waals surface area contributed by atoms with Crippen LogP contribution in [0.1, 0.15) is 78.4 Å². The van der Waals surface area contributed by atoms with Gasteiger partial charge in [0.2, 0.25) is 11.8 Å². The van der Waals surface area contributed by atoms with E-state index in [0.29, 0.717) is 50.1 Å². The van der Waals surface area contributed by atoms with Crippen LogP contribution in [-0.4, -0.2) is 35.2 Å². The van der Waals surface area contributed by atoms with Crippen LogP contribution in [0.2, 0.25) is 0 Å². The molecule has 1 saturated carbocycles. The van der Waals surface area contributed by atoms with Gasteiger partial charge in [0.25, 0.3) is 0 Å². The van der Waals surface area contributed by atoms with Gasteiger partial charge in [-0.25, -0.2) is 9.59 Å². The summed E-state index contributed by atoms with van der Waals surface area (Å²) >= 11 is 0. The van der Waals surface area contributed by atoms with Crippen LogP contribution in [0.4, 0.5) is 21.0 Å². The molecule has 0 atom stereocenters. The number of ether oxygens (including phenoxy) is 2. The Kier molecular flexibility index (Phi) is 11.0. The molecule has 42 heavy (non-hydrogen) atoms. The van der Waals surface area contributed by atoms with Crippen molar-refractivity contribution in [1.82, 2.24) is 10.6 Å². The summed E-state index contributed by atoms with van der Waals surface area (Å²) in [5.74, 6) is -0.410. The molecule has 0 spiro atoms. The van der Waals surface area contributed by atoms with E-state index in [9.17, 15) is 19.2 Å². The maximum Gasteiger partial charge on any atom is 0.407 e. The third-order valence-corrected chi connectivity index (χ3v) is 6.58. The molecule has 10 heteroatoms. The van der Waals surface area contributed by atoms with Crippen molar-refractivity contribution in [3.05, 3.63) is 59.7 Å². The number of carbonyl (C=O) groups excluding carboxylic acids is 4. The topological polar surface area (TPSA) is 135 Å². The SMILES string of the molecule is CC(C)(C)OC(=O)NCc1ccc(NC(=O)[C@H]2CC[C@@H](C(=O)Nc3ccc(CNC(=O)OC(C)(C)C)cc3)CC2)cc1. The summed E-state index contributed by atoms with van der Waals surface area (Å²) in [6.45, 7) is 11.5. The first-order chi connectivity index (χ1) is 19.7. The zero-order valence-corrected chi connectivity index (χ0v) is 25.5. The van der Waals surface area contributed by atoms with Crippen molar-refractivity contribution in [2.24, 2.45) is 11.8 Å². The molecule has 0 aliphatic heterocycles. The van der Waals surface area contributed by atoms with Crippen LogP contribution in [0.3, 0.4) is 0 Å². The standard InChI is InChI=1S/C32H44N4O6/c1-31(2,3)41-29(39)33-19-21-7-15-25(16-8-21)35-27(37)23-11-13-24(14-12-23)28(38)36-26-17-9-22(10-18-26)20-34-30(40)42-32(4,5)6/h7-10,15-18,23-24H,11-14,19-20H2,1-6H3,(H,33,39)(H,34,40)(H,35,37)(H,36,38)/t23-,24+. The smallest absolute Gasteiger partial charge is 0.407 e. The highest BCUT2D eigenvalue weighted by molar-refractivity contribution is 5.94. The van der Waals surface area contributed by atoms with Crippen molar-refractivity contribution in [3.8, 4) is 0 Å². The summed E-state index contributed by atoms with van der Waals surface area (Å²) in [4.78, 5) is 49.3. The Labute approximate surface area is 248 Å². The largest absolute Gasteiger partial charge is 0.444 e. The lowest BCUT2D eigenvalue weighted by molar-refractivity contribution is -0.125. The summed E-state index contributed by atoms with van der Waals surface area (Å²) < 4.78 is 10.5. The maximum absolute atomic E-state index is 12.8. The molecule has 0 radical (unpaired) electrons. The number of hydrogen-bond acceptors (Lipinski definition) is 6. The Hall–Kier alpha value is -4.08. The fourth-order valence-corrected chi connectivity index (χ4v) is 4.50. The lowest BCUT2D eigenvalue weighted by Crippen LogP contribution is -2.32. The predicted octanol–water partition coefficient (Wildman–Crippen LogP) is 6.12. The van der Waals surface area contributed by atoms with E-state index in [4.69, 9.17) is 9.47 Å². The van der Waals surface area contributed by atoms with Crippen LogP contribution < -0.4 is 21.3 Å². The summed E-state index contributed by atoms with van der Waals surface area (Å²) in [7, 11) is 0. The minimum Gasteiger partial charge on any atom is -0.444 e. The van der Waals surface area contributed by atoms with Crippen molar-refractivity contribution < 1.29 is 28.7 Å². The van der Waals surface area contributed by atoms with E-state index in [0.717, 1.165) is 11.1 Å². The Morgan fingerprint density at radius 2 is 0.905 bits per heavy atom. The average molecular weight is 581 g/mol. The first kappa shape index (κ1) is 32.4. The molecule has 0 heterocycles. The molecule has 2 aromatic rings. The summed E-state index contributed by atoms with van der Waals surface area (Å²) in [5.41, 5.74) is 2.03. The van der Waals surface area contributed by atoms with E-state index >= 15 is 0 Å². The third-order valence-electron chi connectivity index (χ3n) is 6.58. The lowest BCUT2D eigenvalue weighted by atomic mass is 9.81. The number of benzene rings is 2. The molecular weight excluding hydrogens is 536 g/mol. The van der Waals surface area contributed by atoms with Gasteiger partial charge in [-0.2, -0.15) is 0 Å². The third kappa shape index (κ3) is 11.4. The van der Waals surface area contributed by atoms with Gasteiger partial charge in [-0.1, -0.05) is 24.3 Å². The highest BCUT2D eigenvalue weighted by Crippen LogP contribution is 2.31. The quantitative estimate of drug-likeness (QED) is 0.297. The van der Waals surface area contributed by atoms with Gasteiger partial charge in [0.15, 0.2) is 0 Å². The average Bonchev–Trinajstić information content (AvgIpc) is 2.90. The summed E-state index contributed by atoms with van der Waals surface area (Å²) in [5, 5.41) is 11.4. The molecule has 0 saturated heterocycles. The van der Waals surface area contributed by atoms with Crippen molar-refractivity contribution in [2.45, 2.75) is 91.5 Å². The summed E-state index contributed by atoms with van der Waals surface area (Å²) in [6.07, 6.45) is 1.58. The monoisotopic (exact) mass is 580 g/mol.